The van der Waals surface area contributed by atoms with Crippen LogP contribution in [0.4, 0.5) is 0 Å². The number of rotatable bonds is 9. The van der Waals surface area contributed by atoms with E-state index in [1.807, 2.05) is 18.2 Å². The van der Waals surface area contributed by atoms with Gasteiger partial charge < -0.3 is 4.55 Å². The largest absolute Gasteiger partial charge is 1.00 e. The molecule has 0 amide bonds. The zero-order chi connectivity index (χ0) is 17.6. The molecule has 0 aliphatic rings. The van der Waals surface area contributed by atoms with E-state index in [1.54, 1.807) is 6.07 Å². The molecule has 0 aliphatic carbocycles. The second-order valence-corrected chi connectivity index (χ2v) is 7.86. The van der Waals surface area contributed by atoms with Crippen LogP contribution in [-0.2, 0) is 23.0 Å². The Morgan fingerprint density at radius 3 is 2.08 bits per heavy atom. The maximum Gasteiger partial charge on any atom is 1.00 e. The van der Waals surface area contributed by atoms with E-state index < -0.39 is 10.1 Å². The van der Waals surface area contributed by atoms with Crippen molar-refractivity contribution in [1.82, 2.24) is 0 Å². The average molecular weight is 370 g/mol. The second kappa shape index (κ2) is 10.7. The van der Waals surface area contributed by atoms with Gasteiger partial charge in [-0.15, -0.1) is 0 Å². The van der Waals surface area contributed by atoms with Crippen molar-refractivity contribution in [3.63, 3.8) is 0 Å². The first kappa shape index (κ1) is 22.7. The molecule has 0 N–H and O–H groups in total. The van der Waals surface area contributed by atoms with E-state index >= 15 is 0 Å². The Morgan fingerprint density at radius 1 is 0.840 bits per heavy atom. The van der Waals surface area contributed by atoms with E-state index in [9.17, 15) is 13.0 Å². The van der Waals surface area contributed by atoms with Gasteiger partial charge in [-0.2, -0.15) is 0 Å². The van der Waals surface area contributed by atoms with Crippen LogP contribution in [0.15, 0.2) is 35.2 Å². The van der Waals surface area contributed by atoms with Crippen LogP contribution in [0.2, 0.25) is 0 Å². The summed E-state index contributed by atoms with van der Waals surface area (Å²) in [6.07, 6.45) is 8.12. The second-order valence-electron chi connectivity index (χ2n) is 6.51. The van der Waals surface area contributed by atoms with Crippen LogP contribution in [0, 0.1) is 0 Å². The minimum absolute atomic E-state index is 0. The molecule has 2 aromatic carbocycles. The Morgan fingerprint density at radius 2 is 1.48 bits per heavy atom. The molecule has 0 aliphatic heterocycles. The third-order valence-electron chi connectivity index (χ3n) is 4.47. The summed E-state index contributed by atoms with van der Waals surface area (Å²) >= 11 is 0. The third kappa shape index (κ3) is 6.69. The molecule has 3 nitrogen and oxygen atoms in total. The Bertz CT molecular complexity index is 785. The van der Waals surface area contributed by atoms with Gasteiger partial charge in [0.25, 0.3) is 0 Å². The standard InChI is InChI=1S/C20H28O3S.Na/c1-3-5-7-9-16-11-12-17-14-18(10-8-6-4-2)20(24(21,22)23)15-19(17)13-16;/h11-15H,3-10H2,1-2H3,(H,21,22,23);/q;+1/p-1. The zero-order valence-corrected chi connectivity index (χ0v) is 18.5. The van der Waals surface area contributed by atoms with Crippen molar-refractivity contribution < 1.29 is 42.5 Å². The molecule has 2 aromatic rings. The van der Waals surface area contributed by atoms with Crippen LogP contribution in [0.25, 0.3) is 10.8 Å². The summed E-state index contributed by atoms with van der Waals surface area (Å²) in [7, 11) is -4.45. The van der Waals surface area contributed by atoms with Crippen LogP contribution < -0.4 is 29.6 Å². The van der Waals surface area contributed by atoms with Crippen molar-refractivity contribution >= 4 is 20.9 Å². The fraction of sp³-hybridized carbons (Fsp3) is 0.500. The van der Waals surface area contributed by atoms with E-state index in [0.717, 1.165) is 42.9 Å². The first-order valence-electron chi connectivity index (χ1n) is 8.97. The van der Waals surface area contributed by atoms with Gasteiger partial charge in [-0.3, -0.25) is 0 Å². The maximum absolute atomic E-state index is 11.7. The van der Waals surface area contributed by atoms with Gasteiger partial charge >= 0.3 is 29.6 Å². The molecular formula is C20H27NaO3S. The van der Waals surface area contributed by atoms with E-state index in [0.29, 0.717) is 12.0 Å². The van der Waals surface area contributed by atoms with E-state index in [1.165, 1.54) is 18.4 Å². The van der Waals surface area contributed by atoms with Crippen molar-refractivity contribution in [2.45, 2.75) is 70.1 Å². The molecule has 25 heavy (non-hydrogen) atoms. The van der Waals surface area contributed by atoms with Crippen molar-refractivity contribution in [3.05, 3.63) is 41.5 Å². The first-order valence-corrected chi connectivity index (χ1v) is 10.4. The number of hydrogen-bond donors (Lipinski definition) is 0. The molecule has 0 spiro atoms. The molecule has 0 fully saturated rings. The van der Waals surface area contributed by atoms with Crippen LogP contribution in [-0.4, -0.2) is 13.0 Å². The molecule has 132 valence electrons. The quantitative estimate of drug-likeness (QED) is 0.386. The molecule has 0 aromatic heterocycles. The van der Waals surface area contributed by atoms with Crippen molar-refractivity contribution in [2.75, 3.05) is 0 Å². The zero-order valence-electron chi connectivity index (χ0n) is 15.7. The monoisotopic (exact) mass is 370 g/mol. The maximum atomic E-state index is 11.7. The van der Waals surface area contributed by atoms with E-state index in [-0.39, 0.29) is 34.5 Å². The fourth-order valence-corrected chi connectivity index (χ4v) is 3.86. The summed E-state index contributed by atoms with van der Waals surface area (Å²) in [4.78, 5) is -0.0446. The number of hydrogen-bond acceptors (Lipinski definition) is 3. The Hall–Kier alpha value is -0.390. The summed E-state index contributed by atoms with van der Waals surface area (Å²) < 4.78 is 35.0. The number of benzene rings is 2. The van der Waals surface area contributed by atoms with Gasteiger partial charge in [0.2, 0.25) is 0 Å². The molecule has 0 saturated carbocycles. The smallest absolute Gasteiger partial charge is 0.744 e. The van der Waals surface area contributed by atoms with Crippen molar-refractivity contribution in [1.29, 1.82) is 0 Å². The van der Waals surface area contributed by atoms with E-state index in [4.69, 9.17) is 0 Å². The molecule has 0 heterocycles. The van der Waals surface area contributed by atoms with Gasteiger partial charge in [-0.25, -0.2) is 8.42 Å². The van der Waals surface area contributed by atoms with Crippen LogP contribution >= 0.6 is 0 Å². The molecule has 0 saturated heterocycles. The predicted octanol–water partition coefficient (Wildman–Crippen LogP) is 2.21. The SMILES string of the molecule is CCCCCc1ccc2cc(CCCCC)c(S(=O)(=O)[O-])cc2c1.[Na+]. The first-order chi connectivity index (χ1) is 11.5. The van der Waals surface area contributed by atoms with Crippen LogP contribution in [0.1, 0.15) is 63.5 Å². The van der Waals surface area contributed by atoms with Crippen molar-refractivity contribution in [3.8, 4) is 0 Å². The number of unbranched alkanes of at least 4 members (excludes halogenated alkanes) is 4. The van der Waals surface area contributed by atoms with E-state index in [2.05, 4.69) is 19.9 Å². The van der Waals surface area contributed by atoms with Gasteiger partial charge in [0.05, 0.1) is 4.90 Å². The molecule has 0 atom stereocenters. The molecule has 0 unspecified atom stereocenters. The van der Waals surface area contributed by atoms with Gasteiger partial charge in [-0.05, 0) is 59.7 Å². The Kier molecular flexibility index (Phi) is 9.68. The summed E-state index contributed by atoms with van der Waals surface area (Å²) in [5.74, 6) is 0. The third-order valence-corrected chi connectivity index (χ3v) is 5.39. The molecule has 0 bridgehead atoms. The number of fused-ring (bicyclic) bond motifs is 1. The minimum Gasteiger partial charge on any atom is -0.744 e. The summed E-state index contributed by atoms with van der Waals surface area (Å²) in [6, 6.07) is 9.63. The molecule has 2 rings (SSSR count). The fourth-order valence-electron chi connectivity index (χ4n) is 3.10. The predicted molar refractivity (Wildman–Crippen MR) is 98.4 cm³/mol. The average Bonchev–Trinajstić information content (AvgIpc) is 2.54. The molecular weight excluding hydrogens is 343 g/mol. The van der Waals surface area contributed by atoms with Gasteiger partial charge in [0.15, 0.2) is 0 Å². The van der Waals surface area contributed by atoms with Gasteiger partial charge in [0, 0.05) is 0 Å². The van der Waals surface area contributed by atoms with Crippen LogP contribution in [0.3, 0.4) is 0 Å². The van der Waals surface area contributed by atoms with Gasteiger partial charge in [-0.1, -0.05) is 57.7 Å². The van der Waals surface area contributed by atoms with Crippen LogP contribution in [0.5, 0.6) is 0 Å². The topological polar surface area (TPSA) is 57.2 Å². The van der Waals surface area contributed by atoms with Gasteiger partial charge in [0.1, 0.15) is 10.1 Å². The Labute approximate surface area is 174 Å². The summed E-state index contributed by atoms with van der Waals surface area (Å²) in [5, 5.41) is 1.85. The summed E-state index contributed by atoms with van der Waals surface area (Å²) in [6.45, 7) is 4.28. The molecule has 0 radical (unpaired) electrons. The summed E-state index contributed by atoms with van der Waals surface area (Å²) in [5.41, 5.74) is 1.86. The van der Waals surface area contributed by atoms with Crippen molar-refractivity contribution in [2.24, 2.45) is 0 Å². The Balaban J connectivity index is 0.00000312. The number of aryl methyl sites for hydroxylation is 2. The normalized spacial score (nSPS) is 11.5. The molecule has 5 heteroatoms. The minimum atomic E-state index is -4.45.